The third kappa shape index (κ3) is 9.92. The fourth-order valence-corrected chi connectivity index (χ4v) is 6.97. The summed E-state index contributed by atoms with van der Waals surface area (Å²) in [6.45, 7) is 8.56. The zero-order valence-corrected chi connectivity index (χ0v) is 15.2. The second-order valence-corrected chi connectivity index (χ2v) is 9.81. The first-order valence-corrected chi connectivity index (χ1v) is 11.0. The molecule has 0 atom stereocenters. The second-order valence-electron chi connectivity index (χ2n) is 5.66. The molecule has 4 heteroatoms. The number of hydrogen-bond donors (Lipinski definition) is 0. The number of ether oxygens (including phenoxy) is 2. The van der Waals surface area contributed by atoms with Gasteiger partial charge in [-0.2, -0.15) is 0 Å². The molecule has 0 bridgehead atoms. The number of hydrogen-bond acceptors (Lipinski definition) is 3. The summed E-state index contributed by atoms with van der Waals surface area (Å²) < 4.78 is 16.9. The third-order valence-electron chi connectivity index (χ3n) is 3.84. The average molecular weight is 305 g/mol. The van der Waals surface area contributed by atoms with Gasteiger partial charge in [-0.25, -0.2) is 0 Å². The highest BCUT2D eigenvalue weighted by atomic mass is 28.4. The molecule has 0 aliphatic heterocycles. The van der Waals surface area contributed by atoms with Gasteiger partial charge in [0.25, 0.3) is 0 Å². The van der Waals surface area contributed by atoms with Gasteiger partial charge in [-0.3, -0.25) is 0 Å². The predicted molar refractivity (Wildman–Crippen MR) is 88.7 cm³/mol. The summed E-state index contributed by atoms with van der Waals surface area (Å²) >= 11 is 0. The van der Waals surface area contributed by atoms with Gasteiger partial charge in [-0.1, -0.05) is 59.3 Å². The first-order chi connectivity index (χ1) is 9.74. The second kappa shape index (κ2) is 14.1. The van der Waals surface area contributed by atoms with Crippen molar-refractivity contribution >= 4 is 8.32 Å². The number of unbranched alkanes of at least 4 members (excludes halogenated alkanes) is 3. The lowest BCUT2D eigenvalue weighted by molar-refractivity contribution is -0.0147. The van der Waals surface area contributed by atoms with E-state index in [0.29, 0.717) is 20.0 Å². The molecular weight excluding hydrogens is 268 g/mol. The van der Waals surface area contributed by atoms with Gasteiger partial charge in [0.2, 0.25) is 0 Å². The van der Waals surface area contributed by atoms with Crippen LogP contribution in [0.25, 0.3) is 0 Å². The van der Waals surface area contributed by atoms with Crippen molar-refractivity contribution < 1.29 is 13.9 Å². The van der Waals surface area contributed by atoms with Crippen LogP contribution in [-0.4, -0.2) is 35.4 Å². The molecule has 0 heterocycles. The number of methoxy groups -OCH3 is 1. The Morgan fingerprint density at radius 3 is 1.65 bits per heavy atom. The van der Waals surface area contributed by atoms with Gasteiger partial charge in [0.15, 0.2) is 8.32 Å². The van der Waals surface area contributed by atoms with Crippen molar-refractivity contribution in [2.45, 2.75) is 77.4 Å². The number of rotatable bonds is 15. The van der Waals surface area contributed by atoms with Gasteiger partial charge in [0.05, 0.1) is 13.2 Å². The summed E-state index contributed by atoms with van der Waals surface area (Å²) in [6.07, 6.45) is 7.70. The molecule has 0 saturated carbocycles. The highest BCUT2D eigenvalue weighted by molar-refractivity contribution is 6.73. The minimum atomic E-state index is -1.58. The van der Waals surface area contributed by atoms with Crippen molar-refractivity contribution in [3.8, 4) is 0 Å². The van der Waals surface area contributed by atoms with Crippen molar-refractivity contribution in [3.63, 3.8) is 0 Å². The van der Waals surface area contributed by atoms with E-state index < -0.39 is 8.32 Å². The van der Waals surface area contributed by atoms with Gasteiger partial charge < -0.3 is 13.9 Å². The Morgan fingerprint density at radius 2 is 1.25 bits per heavy atom. The summed E-state index contributed by atoms with van der Waals surface area (Å²) in [5.41, 5.74) is 0. The van der Waals surface area contributed by atoms with Crippen molar-refractivity contribution in [1.29, 1.82) is 0 Å². The largest absolute Gasteiger partial charge is 0.395 e. The van der Waals surface area contributed by atoms with E-state index >= 15 is 0 Å². The summed E-state index contributed by atoms with van der Waals surface area (Å²) in [5, 5.41) is 0. The van der Waals surface area contributed by atoms with Gasteiger partial charge in [-0.15, -0.1) is 0 Å². The minimum absolute atomic E-state index is 0.465. The minimum Gasteiger partial charge on any atom is -0.395 e. The monoisotopic (exact) mass is 304 g/mol. The molecule has 20 heavy (non-hydrogen) atoms. The average Bonchev–Trinajstić information content (AvgIpc) is 2.48. The van der Waals surface area contributed by atoms with Crippen LogP contribution < -0.4 is 0 Å². The molecule has 0 aliphatic carbocycles. The lowest BCUT2D eigenvalue weighted by atomic mass is 10.4. The maximum Gasteiger partial charge on any atom is 0.195 e. The molecule has 0 fully saturated rings. The van der Waals surface area contributed by atoms with Gasteiger partial charge in [0.1, 0.15) is 6.79 Å². The Labute approximate surface area is 127 Å². The molecule has 0 spiro atoms. The van der Waals surface area contributed by atoms with Crippen LogP contribution in [0.3, 0.4) is 0 Å². The summed E-state index contributed by atoms with van der Waals surface area (Å²) in [5.74, 6) is 0. The van der Waals surface area contributed by atoms with Crippen LogP contribution in [0.1, 0.15) is 59.3 Å². The van der Waals surface area contributed by atoms with E-state index in [2.05, 4.69) is 20.8 Å². The van der Waals surface area contributed by atoms with Crippen molar-refractivity contribution in [2.75, 3.05) is 27.1 Å². The highest BCUT2D eigenvalue weighted by Crippen LogP contribution is 2.29. The Kier molecular flexibility index (Phi) is 14.1. The van der Waals surface area contributed by atoms with Crippen LogP contribution in [0.4, 0.5) is 0 Å². The van der Waals surface area contributed by atoms with E-state index in [0.717, 1.165) is 0 Å². The van der Waals surface area contributed by atoms with Gasteiger partial charge >= 0.3 is 0 Å². The molecule has 0 saturated heterocycles. The standard InChI is InChI=1S/C16H36O3Si/c1-5-8-13-20(14-9-6-2,15-10-7-3)19-16-18-12-11-17-4/h5-16H2,1-4H3. The Balaban J connectivity index is 4.34. The van der Waals surface area contributed by atoms with Gasteiger partial charge in [0, 0.05) is 7.11 Å². The topological polar surface area (TPSA) is 27.7 Å². The van der Waals surface area contributed by atoms with E-state index in [1.807, 2.05) is 0 Å². The molecule has 0 aromatic rings. The molecule has 0 unspecified atom stereocenters. The Bertz CT molecular complexity index is 178. The van der Waals surface area contributed by atoms with Crippen LogP contribution >= 0.6 is 0 Å². The third-order valence-corrected chi connectivity index (χ3v) is 8.36. The molecular formula is C16H36O3Si. The Hall–Kier alpha value is 0.0969. The fourth-order valence-electron chi connectivity index (χ4n) is 2.46. The summed E-state index contributed by atoms with van der Waals surface area (Å²) in [4.78, 5) is 0. The quantitative estimate of drug-likeness (QED) is 0.243. The van der Waals surface area contributed by atoms with Crippen molar-refractivity contribution in [3.05, 3.63) is 0 Å². The molecule has 0 radical (unpaired) electrons. The smallest absolute Gasteiger partial charge is 0.195 e. The normalized spacial score (nSPS) is 12.0. The van der Waals surface area contributed by atoms with E-state index in [1.54, 1.807) is 7.11 Å². The highest BCUT2D eigenvalue weighted by Gasteiger charge is 2.33. The molecule has 3 nitrogen and oxygen atoms in total. The van der Waals surface area contributed by atoms with Gasteiger partial charge in [-0.05, 0) is 18.1 Å². The molecule has 0 aromatic heterocycles. The van der Waals surface area contributed by atoms with Crippen LogP contribution in [-0.2, 0) is 13.9 Å². The van der Waals surface area contributed by atoms with Crippen molar-refractivity contribution in [1.82, 2.24) is 0 Å². The maximum atomic E-state index is 6.34. The Morgan fingerprint density at radius 1 is 0.750 bits per heavy atom. The van der Waals surface area contributed by atoms with Crippen molar-refractivity contribution in [2.24, 2.45) is 0 Å². The molecule has 0 amide bonds. The van der Waals surface area contributed by atoms with E-state index in [9.17, 15) is 0 Å². The molecule has 0 aromatic carbocycles. The van der Waals surface area contributed by atoms with Crippen LogP contribution in [0.5, 0.6) is 0 Å². The molecule has 0 aliphatic rings. The fraction of sp³-hybridized carbons (Fsp3) is 1.00. The molecule has 0 N–H and O–H groups in total. The lowest BCUT2D eigenvalue weighted by Gasteiger charge is -2.31. The van der Waals surface area contributed by atoms with Crippen LogP contribution in [0.2, 0.25) is 18.1 Å². The van der Waals surface area contributed by atoms with E-state index in [-0.39, 0.29) is 0 Å². The summed E-state index contributed by atoms with van der Waals surface area (Å²) in [7, 11) is 0.117. The lowest BCUT2D eigenvalue weighted by Crippen LogP contribution is -2.39. The zero-order valence-electron chi connectivity index (χ0n) is 14.2. The summed E-state index contributed by atoms with van der Waals surface area (Å²) in [6, 6.07) is 3.91. The molecule has 0 rings (SSSR count). The van der Waals surface area contributed by atoms with Crippen LogP contribution in [0, 0.1) is 0 Å². The zero-order chi connectivity index (χ0) is 15.1. The van der Waals surface area contributed by atoms with E-state index in [1.165, 1.54) is 56.7 Å². The SMILES string of the molecule is CCCC[Si](CCCC)(CCCC)OCOCCOC. The maximum absolute atomic E-state index is 6.34. The first kappa shape index (κ1) is 20.1. The van der Waals surface area contributed by atoms with E-state index in [4.69, 9.17) is 13.9 Å². The predicted octanol–water partition coefficient (Wildman–Crippen LogP) is 4.97. The first-order valence-electron chi connectivity index (χ1n) is 8.45. The molecule has 122 valence electrons. The van der Waals surface area contributed by atoms with Crippen LogP contribution in [0.15, 0.2) is 0 Å².